The molecule has 0 radical (unpaired) electrons. The number of unbranched alkanes of at least 4 members (excludes halogenated alkanes) is 7. The number of carbonyl (C=O) groups is 1. The molecule has 0 atom stereocenters. The maximum absolute atomic E-state index is 11.1. The van der Waals surface area contributed by atoms with Crippen molar-refractivity contribution >= 4 is 16.1 Å². The minimum Gasteiger partial charge on any atom is -0.275 e. The summed E-state index contributed by atoms with van der Waals surface area (Å²) in [6, 6.07) is -0.419. The van der Waals surface area contributed by atoms with Crippen molar-refractivity contribution in [3.63, 3.8) is 0 Å². The number of nitrogens with two attached hydrogens (primary N) is 2. The van der Waals surface area contributed by atoms with Crippen LogP contribution in [0.25, 0.3) is 0 Å². The van der Waals surface area contributed by atoms with E-state index in [1.165, 1.54) is 69.3 Å². The van der Waals surface area contributed by atoms with Gasteiger partial charge in [-0.1, -0.05) is 51.4 Å². The number of hydrogen-bond donors (Lipinski definition) is 3. The third-order valence-corrected chi connectivity index (χ3v) is 7.98. The molecule has 0 saturated carbocycles. The molecule has 1 rings (SSSR count). The highest BCUT2D eigenvalue weighted by molar-refractivity contribution is 8.32. The molecular weight excluding hydrogens is 320 g/mol. The van der Waals surface area contributed by atoms with Gasteiger partial charge in [0, 0.05) is 6.54 Å². The summed E-state index contributed by atoms with van der Waals surface area (Å²) in [5, 5.41) is 1.15. The molecule has 1 fully saturated rings. The van der Waals surface area contributed by atoms with Crippen molar-refractivity contribution in [3.8, 4) is 0 Å². The third-order valence-electron chi connectivity index (χ3n) is 5.30. The molecule has 5 nitrogen and oxygen atoms in total. The normalized spacial score (nSPS) is 19.0. The summed E-state index contributed by atoms with van der Waals surface area (Å²) in [6.45, 7) is 0.572. The van der Waals surface area contributed by atoms with Gasteiger partial charge >= 0.3 is 6.03 Å². The molecule has 1 saturated heterocycles. The van der Waals surface area contributed by atoms with Crippen LogP contribution >= 0.6 is 10.0 Å². The van der Waals surface area contributed by atoms with Crippen LogP contribution in [0.2, 0.25) is 0 Å². The molecule has 0 unspecified atom stereocenters. The average Bonchev–Trinajstić information content (AvgIpc) is 2.56. The summed E-state index contributed by atoms with van der Waals surface area (Å²) >= 11 is 0. The van der Waals surface area contributed by atoms with Crippen LogP contribution in [0.5, 0.6) is 0 Å². The maximum atomic E-state index is 11.1. The van der Waals surface area contributed by atoms with E-state index in [0.29, 0.717) is 6.54 Å². The fraction of sp³-hybridized carbons (Fsp3) is 0.944. The average molecular weight is 361 g/mol. The van der Waals surface area contributed by atoms with E-state index in [9.17, 15) is 4.79 Å². The lowest BCUT2D eigenvalue weighted by molar-refractivity contribution is 0.198. The summed E-state index contributed by atoms with van der Waals surface area (Å²) in [4.78, 5) is 11.1. The second kappa shape index (κ2) is 12.0. The van der Waals surface area contributed by atoms with Crippen LogP contribution in [0.15, 0.2) is 0 Å². The first-order valence-corrected chi connectivity index (χ1v) is 12.4. The first-order valence-electron chi connectivity index (χ1n) is 9.66. The zero-order valence-corrected chi connectivity index (χ0v) is 16.7. The van der Waals surface area contributed by atoms with Gasteiger partial charge in [-0.05, 0) is 49.2 Å². The van der Waals surface area contributed by atoms with Gasteiger partial charge in [-0.3, -0.25) is 10.4 Å². The Hall–Kier alpha value is -0.460. The van der Waals surface area contributed by atoms with Gasteiger partial charge < -0.3 is 0 Å². The SMILES string of the molecule is CS1(C)CCC(CCCCCCCCCCN(N)C(=O)NN)CC1. The molecule has 2 amide bonds. The Kier molecular flexibility index (Phi) is 10.8. The van der Waals surface area contributed by atoms with Crippen LogP contribution in [0.4, 0.5) is 4.79 Å². The Morgan fingerprint density at radius 2 is 1.50 bits per heavy atom. The molecule has 144 valence electrons. The highest BCUT2D eigenvalue weighted by Crippen LogP contribution is 2.47. The number of carbonyl (C=O) groups excluding carboxylic acids is 1. The molecule has 0 bridgehead atoms. The predicted molar refractivity (Wildman–Crippen MR) is 107 cm³/mol. The van der Waals surface area contributed by atoms with E-state index in [1.807, 2.05) is 5.43 Å². The van der Waals surface area contributed by atoms with Gasteiger partial charge in [-0.25, -0.2) is 26.5 Å². The number of nitrogens with one attached hydrogen (secondary N) is 1. The molecule has 0 aromatic rings. The first-order chi connectivity index (χ1) is 11.4. The van der Waals surface area contributed by atoms with Gasteiger partial charge in [0.25, 0.3) is 0 Å². The molecule has 0 aliphatic carbocycles. The van der Waals surface area contributed by atoms with E-state index >= 15 is 0 Å². The minimum absolute atomic E-state index is 0.217. The number of hydrogen-bond acceptors (Lipinski definition) is 3. The Morgan fingerprint density at radius 1 is 1.00 bits per heavy atom. The largest absolute Gasteiger partial charge is 0.345 e. The van der Waals surface area contributed by atoms with Crippen LogP contribution in [0.1, 0.15) is 70.6 Å². The molecule has 0 aromatic heterocycles. The van der Waals surface area contributed by atoms with Crippen molar-refractivity contribution in [1.82, 2.24) is 10.4 Å². The van der Waals surface area contributed by atoms with Crippen molar-refractivity contribution in [2.45, 2.75) is 70.6 Å². The summed E-state index contributed by atoms with van der Waals surface area (Å²) in [5.74, 6) is 14.6. The van der Waals surface area contributed by atoms with Gasteiger partial charge in [-0.2, -0.15) is 0 Å². The van der Waals surface area contributed by atoms with Crippen molar-refractivity contribution in [2.75, 3.05) is 30.6 Å². The van der Waals surface area contributed by atoms with Crippen molar-refractivity contribution in [3.05, 3.63) is 0 Å². The highest BCUT2D eigenvalue weighted by Gasteiger charge is 2.22. The molecule has 0 spiro atoms. The summed E-state index contributed by atoms with van der Waals surface area (Å²) in [6.07, 6.45) is 19.6. The molecule has 0 aromatic carbocycles. The van der Waals surface area contributed by atoms with Crippen LogP contribution in [0.3, 0.4) is 0 Å². The fourth-order valence-corrected chi connectivity index (χ4v) is 5.61. The number of rotatable bonds is 11. The third kappa shape index (κ3) is 9.74. The van der Waals surface area contributed by atoms with Gasteiger partial charge in [0.05, 0.1) is 0 Å². The minimum atomic E-state index is -0.419. The summed E-state index contributed by atoms with van der Waals surface area (Å²) < 4.78 is 0. The molecule has 24 heavy (non-hydrogen) atoms. The Labute approximate surface area is 150 Å². The van der Waals surface area contributed by atoms with Crippen LogP contribution < -0.4 is 17.1 Å². The second-order valence-corrected chi connectivity index (χ2v) is 12.2. The first kappa shape index (κ1) is 21.6. The lowest BCUT2D eigenvalue weighted by atomic mass is 9.95. The molecule has 6 heteroatoms. The zero-order valence-electron chi connectivity index (χ0n) is 15.9. The number of amides is 2. The van der Waals surface area contributed by atoms with E-state index in [0.717, 1.165) is 23.8 Å². The second-order valence-electron chi connectivity index (χ2n) is 7.88. The van der Waals surface area contributed by atoms with Gasteiger partial charge in [0.15, 0.2) is 0 Å². The van der Waals surface area contributed by atoms with Crippen LogP contribution in [-0.2, 0) is 0 Å². The monoisotopic (exact) mass is 360 g/mol. The van der Waals surface area contributed by atoms with E-state index in [1.54, 1.807) is 0 Å². The van der Waals surface area contributed by atoms with E-state index in [2.05, 4.69) is 12.5 Å². The molecule has 1 heterocycles. The van der Waals surface area contributed by atoms with Gasteiger partial charge in [0.2, 0.25) is 0 Å². The topological polar surface area (TPSA) is 84.4 Å². The fourth-order valence-electron chi connectivity index (χ4n) is 3.47. The molecular formula is C18H40N4OS. The van der Waals surface area contributed by atoms with E-state index in [-0.39, 0.29) is 10.0 Å². The quantitative estimate of drug-likeness (QED) is 0.227. The number of urea groups is 1. The highest BCUT2D eigenvalue weighted by atomic mass is 32.3. The zero-order chi connectivity index (χ0) is 17.8. The maximum Gasteiger partial charge on any atom is 0.345 e. The Balaban J connectivity index is 1.83. The lowest BCUT2D eigenvalue weighted by Crippen LogP contribution is -2.47. The van der Waals surface area contributed by atoms with Crippen LogP contribution in [-0.4, -0.2) is 41.6 Å². The van der Waals surface area contributed by atoms with E-state index < -0.39 is 6.03 Å². The predicted octanol–water partition coefficient (Wildman–Crippen LogP) is 3.73. The van der Waals surface area contributed by atoms with Crippen molar-refractivity contribution in [2.24, 2.45) is 17.6 Å². The Bertz CT molecular complexity index is 342. The molecule has 1 aliphatic heterocycles. The van der Waals surface area contributed by atoms with Gasteiger partial charge in [-0.15, -0.1) is 0 Å². The summed E-state index contributed by atoms with van der Waals surface area (Å²) in [7, 11) is -0.217. The van der Waals surface area contributed by atoms with Crippen LogP contribution in [0, 0.1) is 5.92 Å². The van der Waals surface area contributed by atoms with Crippen molar-refractivity contribution in [1.29, 1.82) is 0 Å². The number of nitrogens with zero attached hydrogens (tertiary/aromatic N) is 1. The van der Waals surface area contributed by atoms with E-state index in [4.69, 9.17) is 11.7 Å². The smallest absolute Gasteiger partial charge is 0.275 e. The number of hydrazine groups is 2. The Morgan fingerprint density at radius 3 is 2.04 bits per heavy atom. The summed E-state index contributed by atoms with van der Waals surface area (Å²) in [5.41, 5.74) is 2.04. The lowest BCUT2D eigenvalue weighted by Gasteiger charge is -2.39. The van der Waals surface area contributed by atoms with Crippen molar-refractivity contribution < 1.29 is 4.79 Å². The standard InChI is InChI=1S/C18H40N4OS/c1-24(2)15-12-17(13-16-24)11-9-7-5-3-4-6-8-10-14-22(20)18(23)21-19/h17H,3-16,19-20H2,1-2H3,(H,21,23). The van der Waals surface area contributed by atoms with Gasteiger partial charge in [0.1, 0.15) is 0 Å². The molecule has 1 aliphatic rings. The molecule has 5 N–H and O–H groups in total.